The van der Waals surface area contributed by atoms with Crippen molar-refractivity contribution in [1.29, 1.82) is 0 Å². The Balaban J connectivity index is 1.51. The molecule has 0 aliphatic carbocycles. The van der Waals surface area contributed by atoms with Crippen molar-refractivity contribution in [3.63, 3.8) is 0 Å². The number of halogens is 1. The molecule has 0 spiro atoms. The molecule has 2 heterocycles. The fraction of sp³-hybridized carbons (Fsp3) is 0.450. The fourth-order valence-electron chi connectivity index (χ4n) is 3.39. The maximum absolute atomic E-state index is 12.6. The summed E-state index contributed by atoms with van der Waals surface area (Å²) in [5, 5.41) is 11.4. The van der Waals surface area contributed by atoms with Gasteiger partial charge in [-0.2, -0.15) is 0 Å². The van der Waals surface area contributed by atoms with Gasteiger partial charge in [-0.15, -0.1) is 10.2 Å². The Bertz CT molecular complexity index is 801. The molecule has 1 atom stereocenters. The van der Waals surface area contributed by atoms with Gasteiger partial charge in [-0.1, -0.05) is 17.7 Å². The van der Waals surface area contributed by atoms with Gasteiger partial charge in [0, 0.05) is 19.6 Å². The van der Waals surface area contributed by atoms with Crippen LogP contribution in [0.2, 0.25) is 5.15 Å². The molecule has 1 aromatic carbocycles. The van der Waals surface area contributed by atoms with Gasteiger partial charge in [-0.3, -0.25) is 4.79 Å². The number of piperidine rings is 1. The molecular formula is C20H25ClN4O3. The smallest absolute Gasteiger partial charge is 0.224 e. The zero-order chi connectivity index (χ0) is 19.9. The molecule has 3 rings (SSSR count). The van der Waals surface area contributed by atoms with E-state index >= 15 is 0 Å². The molecule has 1 unspecified atom stereocenters. The molecule has 0 saturated carbocycles. The zero-order valence-electron chi connectivity index (χ0n) is 16.2. The van der Waals surface area contributed by atoms with Gasteiger partial charge in [0.1, 0.15) is 0 Å². The first-order valence-corrected chi connectivity index (χ1v) is 9.71. The van der Waals surface area contributed by atoms with Gasteiger partial charge >= 0.3 is 0 Å². The molecule has 1 aliphatic heterocycles. The van der Waals surface area contributed by atoms with Crippen LogP contribution in [0.1, 0.15) is 18.4 Å². The van der Waals surface area contributed by atoms with Gasteiger partial charge in [0.15, 0.2) is 22.5 Å². The van der Waals surface area contributed by atoms with Gasteiger partial charge in [0.2, 0.25) is 5.91 Å². The van der Waals surface area contributed by atoms with Crippen LogP contribution in [-0.4, -0.2) is 50.0 Å². The minimum absolute atomic E-state index is 0.0587. The summed E-state index contributed by atoms with van der Waals surface area (Å²) in [6.07, 6.45) is 2.54. The molecule has 0 bridgehead atoms. The number of anilines is 1. The highest BCUT2D eigenvalue weighted by atomic mass is 35.5. The number of methoxy groups -OCH3 is 2. The minimum Gasteiger partial charge on any atom is -0.493 e. The van der Waals surface area contributed by atoms with Crippen LogP contribution in [0.15, 0.2) is 30.3 Å². The summed E-state index contributed by atoms with van der Waals surface area (Å²) >= 11 is 5.80. The standard InChI is InChI=1S/C20H25ClN4O3/c1-27-16-6-5-14(12-17(16)28-2)9-10-22-20(26)15-4-3-11-25(13-15)19-8-7-18(21)23-24-19/h5-8,12,15H,3-4,9-11,13H2,1-2H3,(H,22,26). The van der Waals surface area contributed by atoms with E-state index in [1.54, 1.807) is 20.3 Å². The topological polar surface area (TPSA) is 76.6 Å². The molecular weight excluding hydrogens is 380 g/mol. The van der Waals surface area contributed by atoms with E-state index in [-0.39, 0.29) is 11.8 Å². The van der Waals surface area contributed by atoms with Crippen LogP contribution < -0.4 is 19.7 Å². The van der Waals surface area contributed by atoms with Crippen molar-refractivity contribution in [3.8, 4) is 11.5 Å². The van der Waals surface area contributed by atoms with Crippen molar-refractivity contribution in [2.24, 2.45) is 5.92 Å². The summed E-state index contributed by atoms with van der Waals surface area (Å²) in [5.74, 6) is 2.16. The molecule has 1 amide bonds. The third-order valence-electron chi connectivity index (χ3n) is 4.89. The molecule has 1 aliphatic rings. The first-order valence-electron chi connectivity index (χ1n) is 9.33. The second kappa shape index (κ2) is 9.59. The van der Waals surface area contributed by atoms with E-state index in [0.717, 1.165) is 37.2 Å². The predicted molar refractivity (Wildman–Crippen MR) is 108 cm³/mol. The maximum Gasteiger partial charge on any atom is 0.224 e. The van der Waals surface area contributed by atoms with Crippen LogP contribution in [-0.2, 0) is 11.2 Å². The quantitative estimate of drug-likeness (QED) is 0.764. The van der Waals surface area contributed by atoms with Crippen molar-refractivity contribution in [2.75, 3.05) is 38.8 Å². The van der Waals surface area contributed by atoms with Gasteiger partial charge in [0.05, 0.1) is 20.1 Å². The van der Waals surface area contributed by atoms with Crippen LogP contribution >= 0.6 is 11.6 Å². The van der Waals surface area contributed by atoms with E-state index in [4.69, 9.17) is 21.1 Å². The van der Waals surface area contributed by atoms with Crippen molar-refractivity contribution in [3.05, 3.63) is 41.0 Å². The lowest BCUT2D eigenvalue weighted by Gasteiger charge is -2.32. The summed E-state index contributed by atoms with van der Waals surface area (Å²) < 4.78 is 10.6. The highest BCUT2D eigenvalue weighted by Gasteiger charge is 2.26. The second-order valence-electron chi connectivity index (χ2n) is 6.73. The third-order valence-corrected chi connectivity index (χ3v) is 5.10. The molecule has 1 N–H and O–H groups in total. The van der Waals surface area contributed by atoms with E-state index in [1.807, 2.05) is 24.3 Å². The minimum atomic E-state index is -0.0587. The Morgan fingerprint density at radius 3 is 2.75 bits per heavy atom. The Morgan fingerprint density at radius 1 is 1.21 bits per heavy atom. The number of amides is 1. The molecule has 8 heteroatoms. The fourth-order valence-corrected chi connectivity index (χ4v) is 3.49. The van der Waals surface area contributed by atoms with E-state index < -0.39 is 0 Å². The van der Waals surface area contributed by atoms with Crippen molar-refractivity contribution < 1.29 is 14.3 Å². The summed E-state index contributed by atoms with van der Waals surface area (Å²) in [4.78, 5) is 14.7. The maximum atomic E-state index is 12.6. The van der Waals surface area contributed by atoms with E-state index in [0.29, 0.717) is 29.7 Å². The zero-order valence-corrected chi connectivity index (χ0v) is 16.9. The molecule has 1 saturated heterocycles. The predicted octanol–water partition coefficient (Wildman–Crippen LogP) is 2.72. The Hall–Kier alpha value is -2.54. The average molecular weight is 405 g/mol. The normalized spacial score (nSPS) is 16.5. The average Bonchev–Trinajstić information content (AvgIpc) is 2.74. The van der Waals surface area contributed by atoms with Crippen molar-refractivity contribution in [2.45, 2.75) is 19.3 Å². The molecule has 150 valence electrons. The molecule has 28 heavy (non-hydrogen) atoms. The van der Waals surface area contributed by atoms with Crippen LogP contribution in [0.25, 0.3) is 0 Å². The monoisotopic (exact) mass is 404 g/mol. The van der Waals surface area contributed by atoms with Gasteiger partial charge in [0.25, 0.3) is 0 Å². The lowest BCUT2D eigenvalue weighted by atomic mass is 9.97. The summed E-state index contributed by atoms with van der Waals surface area (Å²) in [6.45, 7) is 2.08. The Kier molecular flexibility index (Phi) is 6.92. The van der Waals surface area contributed by atoms with Gasteiger partial charge < -0.3 is 19.7 Å². The molecule has 0 radical (unpaired) electrons. The largest absolute Gasteiger partial charge is 0.493 e. The van der Waals surface area contributed by atoms with E-state index in [2.05, 4.69) is 20.4 Å². The number of rotatable bonds is 7. The van der Waals surface area contributed by atoms with E-state index in [1.165, 1.54) is 0 Å². The van der Waals surface area contributed by atoms with Crippen LogP contribution in [0.3, 0.4) is 0 Å². The number of hydrogen-bond donors (Lipinski definition) is 1. The number of benzene rings is 1. The first kappa shape index (κ1) is 20.2. The number of nitrogens with one attached hydrogen (secondary N) is 1. The second-order valence-corrected chi connectivity index (χ2v) is 7.12. The number of hydrogen-bond acceptors (Lipinski definition) is 6. The summed E-state index contributed by atoms with van der Waals surface area (Å²) in [5.41, 5.74) is 1.08. The molecule has 1 aromatic heterocycles. The number of carbonyl (C=O) groups excluding carboxylic acids is 1. The molecule has 1 fully saturated rings. The van der Waals surface area contributed by atoms with Crippen molar-refractivity contribution >= 4 is 23.3 Å². The lowest BCUT2D eigenvalue weighted by molar-refractivity contribution is -0.125. The summed E-state index contributed by atoms with van der Waals surface area (Å²) in [7, 11) is 3.23. The van der Waals surface area contributed by atoms with Gasteiger partial charge in [-0.05, 0) is 49.1 Å². The Labute approximate surface area is 170 Å². The number of ether oxygens (including phenoxy) is 2. The number of aromatic nitrogens is 2. The van der Waals surface area contributed by atoms with Crippen LogP contribution in [0, 0.1) is 5.92 Å². The van der Waals surface area contributed by atoms with Crippen molar-refractivity contribution in [1.82, 2.24) is 15.5 Å². The van der Waals surface area contributed by atoms with Crippen LogP contribution in [0.5, 0.6) is 11.5 Å². The molecule has 2 aromatic rings. The third kappa shape index (κ3) is 5.04. The number of nitrogens with zero attached hydrogens (tertiary/aromatic N) is 3. The van der Waals surface area contributed by atoms with E-state index in [9.17, 15) is 4.79 Å². The highest BCUT2D eigenvalue weighted by Crippen LogP contribution is 2.27. The van der Waals surface area contributed by atoms with Gasteiger partial charge in [-0.25, -0.2) is 0 Å². The summed E-state index contributed by atoms with van der Waals surface area (Å²) in [6, 6.07) is 9.35. The first-order chi connectivity index (χ1) is 13.6. The molecule has 7 nitrogen and oxygen atoms in total. The lowest BCUT2D eigenvalue weighted by Crippen LogP contribution is -2.43. The van der Waals surface area contributed by atoms with Crippen LogP contribution in [0.4, 0.5) is 5.82 Å². The highest BCUT2D eigenvalue weighted by molar-refractivity contribution is 6.29. The number of carbonyl (C=O) groups is 1. The Morgan fingerprint density at radius 2 is 2.04 bits per heavy atom. The SMILES string of the molecule is COc1ccc(CCNC(=O)C2CCCN(c3ccc(Cl)nn3)C2)cc1OC.